The Bertz CT molecular complexity index is 613. The molecule has 2 aromatic rings. The van der Waals surface area contributed by atoms with Gasteiger partial charge < -0.3 is 15.8 Å². The van der Waals surface area contributed by atoms with E-state index >= 15 is 0 Å². The van der Waals surface area contributed by atoms with E-state index in [1.165, 1.54) is 0 Å². The van der Waals surface area contributed by atoms with E-state index in [0.29, 0.717) is 16.4 Å². The van der Waals surface area contributed by atoms with Gasteiger partial charge in [0.2, 0.25) is 0 Å². The number of nitrogens with one attached hydrogen (secondary N) is 1. The first-order valence-corrected chi connectivity index (χ1v) is 6.19. The molecule has 98 valence electrons. The summed E-state index contributed by atoms with van der Waals surface area (Å²) in [4.78, 5) is 4.57. The van der Waals surface area contributed by atoms with E-state index in [2.05, 4.69) is 10.3 Å². The monoisotopic (exact) mass is 273 g/mol. The van der Waals surface area contributed by atoms with Gasteiger partial charge in [0.25, 0.3) is 0 Å². The van der Waals surface area contributed by atoms with Crippen molar-refractivity contribution in [3.8, 4) is 5.75 Å². The minimum atomic E-state index is 0.308. The molecular weight excluding hydrogens is 258 g/mol. The fourth-order valence-corrected chi connectivity index (χ4v) is 1.92. The van der Waals surface area contributed by atoms with E-state index < -0.39 is 0 Å². The SMILES string of the molecule is COc1ccc(C)cc1Nc1ncccc1C(N)=S. The van der Waals surface area contributed by atoms with Gasteiger partial charge in [0, 0.05) is 6.20 Å². The molecule has 1 aromatic carbocycles. The molecule has 0 saturated carbocycles. The number of hydrogen-bond donors (Lipinski definition) is 2. The number of hydrogen-bond acceptors (Lipinski definition) is 4. The van der Waals surface area contributed by atoms with Crippen LogP contribution >= 0.6 is 12.2 Å². The number of benzene rings is 1. The minimum absolute atomic E-state index is 0.308. The Labute approximate surface area is 117 Å². The molecule has 0 aliphatic heterocycles. The molecule has 4 nitrogen and oxygen atoms in total. The Morgan fingerprint density at radius 3 is 2.84 bits per heavy atom. The molecule has 0 aliphatic carbocycles. The molecule has 0 amide bonds. The summed E-state index contributed by atoms with van der Waals surface area (Å²) in [5.41, 5.74) is 8.35. The maximum absolute atomic E-state index is 5.69. The molecule has 5 heteroatoms. The molecule has 0 aliphatic rings. The van der Waals surface area contributed by atoms with Gasteiger partial charge in [0.05, 0.1) is 18.4 Å². The zero-order valence-electron chi connectivity index (χ0n) is 10.8. The van der Waals surface area contributed by atoms with Gasteiger partial charge in [-0.1, -0.05) is 18.3 Å². The molecule has 0 spiro atoms. The number of nitrogens with zero attached hydrogens (tertiary/aromatic N) is 1. The van der Waals surface area contributed by atoms with Crippen molar-refractivity contribution in [1.82, 2.24) is 4.98 Å². The topological polar surface area (TPSA) is 60.2 Å². The van der Waals surface area contributed by atoms with Crippen LogP contribution in [0.25, 0.3) is 0 Å². The van der Waals surface area contributed by atoms with E-state index in [1.54, 1.807) is 19.4 Å². The summed E-state index contributed by atoms with van der Waals surface area (Å²) in [7, 11) is 1.63. The zero-order chi connectivity index (χ0) is 13.8. The van der Waals surface area contributed by atoms with Crippen molar-refractivity contribution in [1.29, 1.82) is 0 Å². The van der Waals surface area contributed by atoms with Crippen LogP contribution in [0.15, 0.2) is 36.5 Å². The van der Waals surface area contributed by atoms with Crippen molar-refractivity contribution in [3.05, 3.63) is 47.7 Å². The predicted octanol–water partition coefficient (Wildman–Crippen LogP) is 2.78. The molecule has 19 heavy (non-hydrogen) atoms. The number of aryl methyl sites for hydroxylation is 1. The molecule has 0 bridgehead atoms. The Balaban J connectivity index is 2.41. The molecule has 0 radical (unpaired) electrons. The van der Waals surface area contributed by atoms with Gasteiger partial charge in [0.1, 0.15) is 16.6 Å². The zero-order valence-corrected chi connectivity index (χ0v) is 11.6. The molecule has 3 N–H and O–H groups in total. The summed E-state index contributed by atoms with van der Waals surface area (Å²) in [6.07, 6.45) is 1.69. The third-order valence-corrected chi connectivity index (χ3v) is 2.90. The van der Waals surface area contributed by atoms with E-state index in [-0.39, 0.29) is 0 Å². The van der Waals surface area contributed by atoms with Crippen LogP contribution in [-0.2, 0) is 0 Å². The molecule has 0 saturated heterocycles. The number of anilines is 2. The molecule has 0 fully saturated rings. The smallest absolute Gasteiger partial charge is 0.142 e. The van der Waals surface area contributed by atoms with Crippen molar-refractivity contribution < 1.29 is 4.74 Å². The normalized spacial score (nSPS) is 10.0. The first-order chi connectivity index (χ1) is 9.11. The summed E-state index contributed by atoms with van der Waals surface area (Å²) >= 11 is 5.02. The molecule has 0 atom stereocenters. The third-order valence-electron chi connectivity index (χ3n) is 2.68. The second kappa shape index (κ2) is 5.67. The number of rotatable bonds is 4. The molecule has 2 rings (SSSR count). The lowest BCUT2D eigenvalue weighted by atomic mass is 10.2. The van der Waals surface area contributed by atoms with Gasteiger partial charge in [-0.05, 0) is 36.8 Å². The highest BCUT2D eigenvalue weighted by molar-refractivity contribution is 7.80. The number of nitrogens with two attached hydrogens (primary N) is 1. The summed E-state index contributed by atoms with van der Waals surface area (Å²) in [5.74, 6) is 1.36. The van der Waals surface area contributed by atoms with Crippen molar-refractivity contribution >= 4 is 28.7 Å². The van der Waals surface area contributed by atoms with E-state index in [0.717, 1.165) is 17.0 Å². The lowest BCUT2D eigenvalue weighted by Gasteiger charge is -2.13. The Morgan fingerprint density at radius 1 is 1.37 bits per heavy atom. The van der Waals surface area contributed by atoms with Crippen molar-refractivity contribution in [2.75, 3.05) is 12.4 Å². The highest BCUT2D eigenvalue weighted by atomic mass is 32.1. The molecule has 1 aromatic heterocycles. The third kappa shape index (κ3) is 3.00. The Hall–Kier alpha value is -2.14. The van der Waals surface area contributed by atoms with Crippen LogP contribution in [-0.4, -0.2) is 17.1 Å². The van der Waals surface area contributed by atoms with Gasteiger partial charge >= 0.3 is 0 Å². The lowest BCUT2D eigenvalue weighted by molar-refractivity contribution is 0.416. The number of thiocarbonyl (C=S) groups is 1. The average Bonchev–Trinajstić information content (AvgIpc) is 2.39. The van der Waals surface area contributed by atoms with Crippen LogP contribution in [0.2, 0.25) is 0 Å². The van der Waals surface area contributed by atoms with Crippen LogP contribution in [0.3, 0.4) is 0 Å². The Morgan fingerprint density at radius 2 is 2.16 bits per heavy atom. The van der Waals surface area contributed by atoms with Gasteiger partial charge in [0.15, 0.2) is 0 Å². The first kappa shape index (κ1) is 13.3. The maximum atomic E-state index is 5.69. The fourth-order valence-electron chi connectivity index (χ4n) is 1.75. The summed E-state index contributed by atoms with van der Waals surface area (Å²) in [6, 6.07) is 9.50. The average molecular weight is 273 g/mol. The van der Waals surface area contributed by atoms with E-state index in [1.807, 2.05) is 31.2 Å². The molecule has 1 heterocycles. The van der Waals surface area contributed by atoms with Crippen molar-refractivity contribution in [2.45, 2.75) is 6.92 Å². The Kier molecular flexibility index (Phi) is 3.97. The quantitative estimate of drug-likeness (QED) is 0.839. The van der Waals surface area contributed by atoms with Gasteiger partial charge in [-0.2, -0.15) is 0 Å². The first-order valence-electron chi connectivity index (χ1n) is 5.78. The molecule has 0 unspecified atom stereocenters. The number of aromatic nitrogens is 1. The van der Waals surface area contributed by atoms with Crippen LogP contribution in [0.5, 0.6) is 5.75 Å². The van der Waals surface area contributed by atoms with Gasteiger partial charge in [-0.15, -0.1) is 0 Å². The van der Waals surface area contributed by atoms with Crippen LogP contribution in [0.4, 0.5) is 11.5 Å². The van der Waals surface area contributed by atoms with Gasteiger partial charge in [-0.3, -0.25) is 0 Å². The largest absolute Gasteiger partial charge is 0.495 e. The summed E-state index contributed by atoms with van der Waals surface area (Å²) in [5, 5.41) is 3.21. The second-order valence-electron chi connectivity index (χ2n) is 4.09. The van der Waals surface area contributed by atoms with Crippen LogP contribution in [0, 0.1) is 6.92 Å². The van der Waals surface area contributed by atoms with Gasteiger partial charge in [-0.25, -0.2) is 4.98 Å². The second-order valence-corrected chi connectivity index (χ2v) is 4.53. The lowest BCUT2D eigenvalue weighted by Crippen LogP contribution is -2.13. The number of ether oxygens (including phenoxy) is 1. The number of pyridine rings is 1. The summed E-state index contributed by atoms with van der Waals surface area (Å²) < 4.78 is 5.32. The maximum Gasteiger partial charge on any atom is 0.142 e. The highest BCUT2D eigenvalue weighted by Crippen LogP contribution is 2.28. The fraction of sp³-hybridized carbons (Fsp3) is 0.143. The summed E-state index contributed by atoms with van der Waals surface area (Å²) in [6.45, 7) is 2.01. The highest BCUT2D eigenvalue weighted by Gasteiger charge is 2.09. The standard InChI is InChI=1S/C14H15N3OS/c1-9-5-6-12(18-2)11(8-9)17-14-10(13(15)19)4-3-7-16-14/h3-8H,1-2H3,(H2,15,19)(H,16,17). The number of methoxy groups -OCH3 is 1. The predicted molar refractivity (Wildman–Crippen MR) is 81.1 cm³/mol. The minimum Gasteiger partial charge on any atom is -0.495 e. The van der Waals surface area contributed by atoms with Crippen LogP contribution < -0.4 is 15.8 Å². The van der Waals surface area contributed by atoms with Crippen LogP contribution in [0.1, 0.15) is 11.1 Å². The van der Waals surface area contributed by atoms with Crippen molar-refractivity contribution in [2.24, 2.45) is 5.73 Å². The van der Waals surface area contributed by atoms with Crippen molar-refractivity contribution in [3.63, 3.8) is 0 Å². The van der Waals surface area contributed by atoms with E-state index in [4.69, 9.17) is 22.7 Å². The van der Waals surface area contributed by atoms with E-state index in [9.17, 15) is 0 Å². The molecular formula is C14H15N3OS.